The van der Waals surface area contributed by atoms with Crippen molar-refractivity contribution >= 4 is 5.78 Å². The molecule has 2 atom stereocenters. The number of hydrogen-bond donors (Lipinski definition) is 0. The van der Waals surface area contributed by atoms with Crippen molar-refractivity contribution in [1.82, 2.24) is 0 Å². The predicted octanol–water partition coefficient (Wildman–Crippen LogP) is 4.35. The van der Waals surface area contributed by atoms with Crippen molar-refractivity contribution in [2.24, 2.45) is 17.3 Å². The third-order valence-corrected chi connectivity index (χ3v) is 5.03. The summed E-state index contributed by atoms with van der Waals surface area (Å²) in [4.78, 5) is 12.6. The highest BCUT2D eigenvalue weighted by molar-refractivity contribution is 5.87. The van der Waals surface area contributed by atoms with Crippen LogP contribution in [0.5, 0.6) is 0 Å². The van der Waals surface area contributed by atoms with E-state index in [9.17, 15) is 4.79 Å². The van der Waals surface area contributed by atoms with Gasteiger partial charge in [0.05, 0.1) is 0 Å². The maximum atomic E-state index is 12.6. The molecule has 0 aromatic heterocycles. The molecule has 16 heavy (non-hydrogen) atoms. The Kier molecular flexibility index (Phi) is 3.71. The third kappa shape index (κ3) is 2.33. The second-order valence-electron chi connectivity index (χ2n) is 6.27. The van der Waals surface area contributed by atoms with Crippen LogP contribution in [-0.4, -0.2) is 5.78 Å². The van der Waals surface area contributed by atoms with Gasteiger partial charge in [-0.15, -0.1) is 0 Å². The number of hydrogen-bond acceptors (Lipinski definition) is 1. The van der Waals surface area contributed by atoms with Gasteiger partial charge in [0.2, 0.25) is 0 Å². The standard InChI is InChI=1S/C15H26O/c1-3-12-7-6-8-13(11-12)14(16)15(2)9-4-5-10-15/h12-13H,3-11H2,1-2H3. The first-order valence-corrected chi connectivity index (χ1v) is 7.20. The lowest BCUT2D eigenvalue weighted by Crippen LogP contribution is -2.34. The molecular weight excluding hydrogens is 196 g/mol. The van der Waals surface area contributed by atoms with Crippen molar-refractivity contribution < 1.29 is 4.79 Å². The van der Waals surface area contributed by atoms with Crippen LogP contribution in [0.2, 0.25) is 0 Å². The minimum absolute atomic E-state index is 0.0559. The minimum Gasteiger partial charge on any atom is -0.299 e. The van der Waals surface area contributed by atoms with Gasteiger partial charge in [-0.25, -0.2) is 0 Å². The van der Waals surface area contributed by atoms with Gasteiger partial charge in [0.15, 0.2) is 0 Å². The van der Waals surface area contributed by atoms with Crippen LogP contribution in [0.4, 0.5) is 0 Å². The molecule has 2 saturated carbocycles. The van der Waals surface area contributed by atoms with E-state index in [4.69, 9.17) is 0 Å². The van der Waals surface area contributed by atoms with Crippen LogP contribution in [0, 0.1) is 17.3 Å². The van der Waals surface area contributed by atoms with E-state index in [1.54, 1.807) is 0 Å². The van der Waals surface area contributed by atoms with Crippen molar-refractivity contribution in [3.05, 3.63) is 0 Å². The van der Waals surface area contributed by atoms with E-state index in [-0.39, 0.29) is 5.41 Å². The van der Waals surface area contributed by atoms with E-state index in [2.05, 4.69) is 13.8 Å². The summed E-state index contributed by atoms with van der Waals surface area (Å²) in [7, 11) is 0. The highest BCUT2D eigenvalue weighted by Gasteiger charge is 2.40. The van der Waals surface area contributed by atoms with Gasteiger partial charge < -0.3 is 0 Å². The Morgan fingerprint density at radius 2 is 1.88 bits per heavy atom. The summed E-state index contributed by atoms with van der Waals surface area (Å²) >= 11 is 0. The van der Waals surface area contributed by atoms with Crippen LogP contribution < -0.4 is 0 Å². The van der Waals surface area contributed by atoms with E-state index >= 15 is 0 Å². The molecular formula is C15H26O. The predicted molar refractivity (Wildman–Crippen MR) is 67.3 cm³/mol. The van der Waals surface area contributed by atoms with Crippen LogP contribution in [0.1, 0.15) is 71.6 Å². The summed E-state index contributed by atoms with van der Waals surface area (Å²) in [6.45, 7) is 4.49. The van der Waals surface area contributed by atoms with Gasteiger partial charge in [0.25, 0.3) is 0 Å². The van der Waals surface area contributed by atoms with E-state index in [1.807, 2.05) is 0 Å². The number of carbonyl (C=O) groups is 1. The molecule has 0 amide bonds. The zero-order valence-corrected chi connectivity index (χ0v) is 10.9. The van der Waals surface area contributed by atoms with E-state index in [0.29, 0.717) is 11.7 Å². The third-order valence-electron chi connectivity index (χ3n) is 5.03. The number of rotatable bonds is 3. The molecule has 92 valence electrons. The number of carbonyl (C=O) groups excluding carboxylic acids is 1. The smallest absolute Gasteiger partial charge is 0.141 e. The van der Waals surface area contributed by atoms with Crippen molar-refractivity contribution in [1.29, 1.82) is 0 Å². The molecule has 0 N–H and O–H groups in total. The zero-order chi connectivity index (χ0) is 11.6. The Morgan fingerprint density at radius 3 is 2.50 bits per heavy atom. The molecule has 2 fully saturated rings. The first kappa shape index (κ1) is 12.1. The highest BCUT2D eigenvalue weighted by Crippen LogP contribution is 2.43. The summed E-state index contributed by atoms with van der Waals surface area (Å²) in [6, 6.07) is 0. The fourth-order valence-corrected chi connectivity index (χ4v) is 3.79. The van der Waals surface area contributed by atoms with Gasteiger partial charge in [-0.05, 0) is 31.6 Å². The second kappa shape index (κ2) is 4.89. The van der Waals surface area contributed by atoms with Crippen LogP contribution >= 0.6 is 0 Å². The number of Topliss-reactive ketones (excluding diaryl/α,β-unsaturated/α-hetero) is 1. The molecule has 1 heteroatoms. The molecule has 0 radical (unpaired) electrons. The van der Waals surface area contributed by atoms with Crippen LogP contribution in [0.25, 0.3) is 0 Å². The van der Waals surface area contributed by atoms with Crippen molar-refractivity contribution in [2.45, 2.75) is 71.6 Å². The quantitative estimate of drug-likeness (QED) is 0.693. The Morgan fingerprint density at radius 1 is 1.19 bits per heavy atom. The van der Waals surface area contributed by atoms with E-state index in [1.165, 1.54) is 44.9 Å². The summed E-state index contributed by atoms with van der Waals surface area (Å²) in [5.74, 6) is 1.85. The summed E-state index contributed by atoms with van der Waals surface area (Å²) in [6.07, 6.45) is 11.1. The zero-order valence-electron chi connectivity index (χ0n) is 10.9. The van der Waals surface area contributed by atoms with Crippen molar-refractivity contribution in [2.75, 3.05) is 0 Å². The SMILES string of the molecule is CCC1CCCC(C(=O)C2(C)CCCC2)C1. The molecule has 2 rings (SSSR count). The van der Waals surface area contributed by atoms with Crippen LogP contribution in [0.3, 0.4) is 0 Å². The fraction of sp³-hybridized carbons (Fsp3) is 0.933. The van der Waals surface area contributed by atoms with Crippen LogP contribution in [-0.2, 0) is 4.79 Å². The molecule has 0 saturated heterocycles. The molecule has 0 aliphatic heterocycles. The molecule has 0 aromatic rings. The van der Waals surface area contributed by atoms with E-state index in [0.717, 1.165) is 18.8 Å². The molecule has 0 heterocycles. The molecule has 1 nitrogen and oxygen atoms in total. The number of ketones is 1. The van der Waals surface area contributed by atoms with Crippen molar-refractivity contribution in [3.8, 4) is 0 Å². The Hall–Kier alpha value is -0.330. The molecule has 0 aromatic carbocycles. The van der Waals surface area contributed by atoms with E-state index < -0.39 is 0 Å². The largest absolute Gasteiger partial charge is 0.299 e. The molecule has 0 bridgehead atoms. The lowest BCUT2D eigenvalue weighted by Gasteiger charge is -2.33. The second-order valence-corrected chi connectivity index (χ2v) is 6.27. The Labute approximate surface area is 100.0 Å². The maximum Gasteiger partial charge on any atom is 0.141 e. The minimum atomic E-state index is 0.0559. The Balaban J connectivity index is 1.98. The van der Waals surface area contributed by atoms with Gasteiger partial charge in [-0.3, -0.25) is 4.79 Å². The Bertz CT molecular complexity index is 250. The van der Waals surface area contributed by atoms with Crippen LogP contribution in [0.15, 0.2) is 0 Å². The fourth-order valence-electron chi connectivity index (χ4n) is 3.79. The summed E-state index contributed by atoms with van der Waals surface area (Å²) in [5.41, 5.74) is 0.0559. The lowest BCUT2D eigenvalue weighted by atomic mass is 9.70. The van der Waals surface area contributed by atoms with Gasteiger partial charge in [0.1, 0.15) is 5.78 Å². The maximum absolute atomic E-state index is 12.6. The average Bonchev–Trinajstić information content (AvgIpc) is 2.76. The van der Waals surface area contributed by atoms with Gasteiger partial charge in [0, 0.05) is 11.3 Å². The normalized spacial score (nSPS) is 33.9. The van der Waals surface area contributed by atoms with Gasteiger partial charge >= 0.3 is 0 Å². The summed E-state index contributed by atoms with van der Waals surface area (Å²) in [5, 5.41) is 0. The first-order chi connectivity index (χ1) is 7.65. The topological polar surface area (TPSA) is 17.1 Å². The molecule has 2 aliphatic carbocycles. The monoisotopic (exact) mass is 222 g/mol. The first-order valence-electron chi connectivity index (χ1n) is 7.20. The average molecular weight is 222 g/mol. The highest BCUT2D eigenvalue weighted by atomic mass is 16.1. The van der Waals surface area contributed by atoms with Gasteiger partial charge in [-0.2, -0.15) is 0 Å². The molecule has 2 aliphatic rings. The lowest BCUT2D eigenvalue weighted by molar-refractivity contribution is -0.133. The summed E-state index contributed by atoms with van der Waals surface area (Å²) < 4.78 is 0. The molecule has 2 unspecified atom stereocenters. The van der Waals surface area contributed by atoms with Gasteiger partial charge in [-0.1, -0.05) is 46.0 Å². The van der Waals surface area contributed by atoms with Crippen molar-refractivity contribution in [3.63, 3.8) is 0 Å². The molecule has 0 spiro atoms.